The van der Waals surface area contributed by atoms with E-state index < -0.39 is 23.3 Å². The zero-order chi connectivity index (χ0) is 14.5. The average Bonchev–Trinajstić information content (AvgIpc) is 2.61. The number of hydrogen-bond donors (Lipinski definition) is 2. The summed E-state index contributed by atoms with van der Waals surface area (Å²) >= 11 is 0. The summed E-state index contributed by atoms with van der Waals surface area (Å²) in [6.45, 7) is 0. The molecule has 1 heterocycles. The summed E-state index contributed by atoms with van der Waals surface area (Å²) in [7, 11) is 0. The van der Waals surface area contributed by atoms with Crippen molar-refractivity contribution in [2.75, 3.05) is 5.73 Å². The first-order valence-electron chi connectivity index (χ1n) is 6.52. The van der Waals surface area contributed by atoms with Crippen molar-refractivity contribution in [2.24, 2.45) is 5.73 Å². The van der Waals surface area contributed by atoms with Gasteiger partial charge in [-0.25, -0.2) is 4.90 Å². The van der Waals surface area contributed by atoms with Crippen molar-refractivity contribution in [1.29, 1.82) is 0 Å². The second kappa shape index (κ2) is 4.14. The minimum absolute atomic E-state index is 0.0123. The molecule has 0 unspecified atom stereocenters. The lowest BCUT2D eigenvalue weighted by Gasteiger charge is -2.37. The Morgan fingerprint density at radius 3 is 2.50 bits per heavy atom. The van der Waals surface area contributed by atoms with Gasteiger partial charge in [0.05, 0.1) is 11.1 Å². The van der Waals surface area contributed by atoms with Crippen LogP contribution in [0.25, 0.3) is 0 Å². The third kappa shape index (κ3) is 1.72. The van der Waals surface area contributed by atoms with Crippen molar-refractivity contribution < 1.29 is 14.4 Å². The standard InChI is InChI=1S/C14H15N3O3/c15-9-4-1-3-8-11(9)13(20)17(12(8)19)10(18)7-14(16)5-2-6-14/h1,3-4H,2,5-7,15-16H2. The van der Waals surface area contributed by atoms with E-state index in [-0.39, 0.29) is 23.2 Å². The molecule has 0 saturated heterocycles. The van der Waals surface area contributed by atoms with E-state index in [1.807, 2.05) is 0 Å². The molecule has 1 aliphatic carbocycles. The number of anilines is 1. The molecule has 0 bridgehead atoms. The highest BCUT2D eigenvalue weighted by molar-refractivity contribution is 6.30. The number of fused-ring (bicyclic) bond motifs is 1. The summed E-state index contributed by atoms with van der Waals surface area (Å²) in [4.78, 5) is 37.3. The van der Waals surface area contributed by atoms with Crippen molar-refractivity contribution in [3.63, 3.8) is 0 Å². The number of nitrogens with zero attached hydrogens (tertiary/aromatic N) is 1. The van der Waals surface area contributed by atoms with Gasteiger partial charge < -0.3 is 11.5 Å². The first-order chi connectivity index (χ1) is 9.43. The highest BCUT2D eigenvalue weighted by Gasteiger charge is 2.44. The zero-order valence-electron chi connectivity index (χ0n) is 10.9. The Hall–Kier alpha value is -2.21. The maximum Gasteiger partial charge on any atom is 0.270 e. The molecule has 0 spiro atoms. The van der Waals surface area contributed by atoms with Crippen molar-refractivity contribution in [3.05, 3.63) is 29.3 Å². The molecule has 20 heavy (non-hydrogen) atoms. The number of hydrogen-bond acceptors (Lipinski definition) is 5. The lowest BCUT2D eigenvalue weighted by atomic mass is 9.75. The highest BCUT2D eigenvalue weighted by atomic mass is 16.2. The third-order valence-electron chi connectivity index (χ3n) is 4.05. The number of carbonyl (C=O) groups excluding carboxylic acids is 3. The fourth-order valence-electron chi connectivity index (χ4n) is 2.73. The minimum Gasteiger partial charge on any atom is -0.398 e. The number of nitrogen functional groups attached to an aromatic ring is 1. The number of nitrogens with two attached hydrogens (primary N) is 2. The molecule has 104 valence electrons. The molecule has 2 aliphatic rings. The van der Waals surface area contributed by atoms with E-state index in [9.17, 15) is 14.4 Å². The van der Waals surface area contributed by atoms with Crippen LogP contribution in [0.4, 0.5) is 5.69 Å². The number of imide groups is 3. The quantitative estimate of drug-likeness (QED) is 0.608. The minimum atomic E-state index is -0.643. The Kier molecular flexibility index (Phi) is 2.65. The Bertz CT molecular complexity index is 635. The normalized spacial score (nSPS) is 19.8. The maximum atomic E-state index is 12.2. The first kappa shape index (κ1) is 12.8. The smallest absolute Gasteiger partial charge is 0.270 e. The van der Waals surface area contributed by atoms with Gasteiger partial charge in [0.2, 0.25) is 5.91 Å². The highest BCUT2D eigenvalue weighted by Crippen LogP contribution is 2.34. The van der Waals surface area contributed by atoms with Crippen molar-refractivity contribution >= 4 is 23.4 Å². The van der Waals surface area contributed by atoms with Crippen molar-refractivity contribution in [1.82, 2.24) is 4.90 Å². The van der Waals surface area contributed by atoms with Crippen LogP contribution in [0.2, 0.25) is 0 Å². The molecule has 1 saturated carbocycles. The van der Waals surface area contributed by atoms with Crippen LogP contribution in [0.3, 0.4) is 0 Å². The molecular formula is C14H15N3O3. The molecule has 3 rings (SSSR count). The van der Waals surface area contributed by atoms with E-state index in [2.05, 4.69) is 0 Å². The second-order valence-electron chi connectivity index (χ2n) is 5.50. The summed E-state index contributed by atoms with van der Waals surface area (Å²) in [5.74, 6) is -1.79. The summed E-state index contributed by atoms with van der Waals surface area (Å²) in [5.41, 5.74) is 11.7. The van der Waals surface area contributed by atoms with Gasteiger partial charge in [-0.2, -0.15) is 0 Å². The van der Waals surface area contributed by atoms with Crippen LogP contribution < -0.4 is 11.5 Å². The van der Waals surface area contributed by atoms with Gasteiger partial charge in [0.1, 0.15) is 0 Å². The Labute approximate surface area is 115 Å². The van der Waals surface area contributed by atoms with Crippen LogP contribution in [0.5, 0.6) is 0 Å². The summed E-state index contributed by atoms with van der Waals surface area (Å²) in [6, 6.07) is 4.62. The molecule has 0 aromatic heterocycles. The summed E-state index contributed by atoms with van der Waals surface area (Å²) in [5, 5.41) is 0. The number of benzene rings is 1. The van der Waals surface area contributed by atoms with E-state index in [4.69, 9.17) is 11.5 Å². The lowest BCUT2D eigenvalue weighted by molar-refractivity contribution is -0.128. The molecule has 3 amide bonds. The molecule has 0 radical (unpaired) electrons. The number of carbonyl (C=O) groups is 3. The molecule has 1 aromatic rings. The SMILES string of the molecule is Nc1cccc2c1C(=O)N(C(=O)CC1(N)CCC1)C2=O. The van der Waals surface area contributed by atoms with Crippen LogP contribution in [-0.2, 0) is 4.79 Å². The second-order valence-corrected chi connectivity index (χ2v) is 5.50. The Morgan fingerprint density at radius 2 is 1.95 bits per heavy atom. The van der Waals surface area contributed by atoms with E-state index in [1.54, 1.807) is 6.07 Å². The van der Waals surface area contributed by atoms with Crippen molar-refractivity contribution in [3.8, 4) is 0 Å². The van der Waals surface area contributed by atoms with Gasteiger partial charge in [-0.3, -0.25) is 14.4 Å². The van der Waals surface area contributed by atoms with Crippen LogP contribution in [0.15, 0.2) is 18.2 Å². The topological polar surface area (TPSA) is 106 Å². The molecule has 1 fully saturated rings. The van der Waals surface area contributed by atoms with Crippen LogP contribution >= 0.6 is 0 Å². The van der Waals surface area contributed by atoms with Gasteiger partial charge in [0.25, 0.3) is 11.8 Å². The predicted octanol–water partition coefficient (Wildman–Crippen LogP) is 0.663. The largest absolute Gasteiger partial charge is 0.398 e. The van der Waals surface area contributed by atoms with Crippen LogP contribution in [0, 0.1) is 0 Å². The first-order valence-corrected chi connectivity index (χ1v) is 6.52. The van der Waals surface area contributed by atoms with Gasteiger partial charge in [0, 0.05) is 17.6 Å². The van der Waals surface area contributed by atoms with E-state index in [0.29, 0.717) is 4.90 Å². The molecule has 1 aromatic carbocycles. The summed E-state index contributed by atoms with van der Waals surface area (Å²) in [6.07, 6.45) is 2.46. The third-order valence-corrected chi connectivity index (χ3v) is 4.05. The molecule has 6 heteroatoms. The summed E-state index contributed by atoms with van der Waals surface area (Å²) < 4.78 is 0. The van der Waals surface area contributed by atoms with Gasteiger partial charge >= 0.3 is 0 Å². The fraction of sp³-hybridized carbons (Fsp3) is 0.357. The molecule has 1 aliphatic heterocycles. The molecule has 0 atom stereocenters. The van der Waals surface area contributed by atoms with Gasteiger partial charge in [-0.1, -0.05) is 6.07 Å². The number of amides is 3. The van der Waals surface area contributed by atoms with E-state index in [0.717, 1.165) is 19.3 Å². The molecular weight excluding hydrogens is 258 g/mol. The van der Waals surface area contributed by atoms with Gasteiger partial charge in [0.15, 0.2) is 0 Å². The van der Waals surface area contributed by atoms with Gasteiger partial charge in [-0.15, -0.1) is 0 Å². The lowest BCUT2D eigenvalue weighted by Crippen LogP contribution is -2.51. The Balaban J connectivity index is 1.90. The predicted molar refractivity (Wildman–Crippen MR) is 71.7 cm³/mol. The monoisotopic (exact) mass is 273 g/mol. The van der Waals surface area contributed by atoms with E-state index in [1.165, 1.54) is 12.1 Å². The van der Waals surface area contributed by atoms with E-state index >= 15 is 0 Å². The average molecular weight is 273 g/mol. The zero-order valence-corrected chi connectivity index (χ0v) is 10.9. The maximum absolute atomic E-state index is 12.2. The Morgan fingerprint density at radius 1 is 1.25 bits per heavy atom. The van der Waals surface area contributed by atoms with Crippen LogP contribution in [0.1, 0.15) is 46.4 Å². The fourth-order valence-corrected chi connectivity index (χ4v) is 2.73. The molecule has 6 nitrogen and oxygen atoms in total. The molecule has 4 N–H and O–H groups in total. The number of rotatable bonds is 2. The van der Waals surface area contributed by atoms with Crippen LogP contribution in [-0.4, -0.2) is 28.2 Å². The van der Waals surface area contributed by atoms with Crippen molar-refractivity contribution in [2.45, 2.75) is 31.2 Å². The van der Waals surface area contributed by atoms with Gasteiger partial charge in [-0.05, 0) is 31.4 Å².